The molecule has 0 unspecified atom stereocenters. The van der Waals surface area contributed by atoms with Crippen LogP contribution in [0, 0.1) is 0 Å². The molecule has 0 aliphatic carbocycles. The Morgan fingerprint density at radius 1 is 0.358 bits per heavy atom. The molecule has 0 spiro atoms. The Morgan fingerprint density at radius 3 is 1.37 bits per heavy atom. The van der Waals surface area contributed by atoms with Gasteiger partial charge < -0.3 is 14.7 Å². The summed E-state index contributed by atoms with van der Waals surface area (Å²) in [6.45, 7) is 34.8. The molecule has 0 amide bonds. The second-order valence-electron chi connectivity index (χ2n) is 28.0. The highest BCUT2D eigenvalue weighted by Crippen LogP contribution is 2.52. The molecule has 0 fully saturated rings. The Kier molecular flexibility index (Phi) is 13.0. The Hall–Kier alpha value is -7.60. The third kappa shape index (κ3) is 9.80. The van der Waals surface area contributed by atoms with Gasteiger partial charge in [-0.1, -0.05) is 219 Å². The van der Waals surface area contributed by atoms with Gasteiger partial charge in [0.05, 0.1) is 11.4 Å². The number of thiophene rings is 1. The fourth-order valence-corrected chi connectivity index (χ4v) is 13.5. The van der Waals surface area contributed by atoms with Crippen molar-refractivity contribution in [1.29, 1.82) is 0 Å². The number of hydrogen-bond donors (Lipinski definition) is 0. The fourth-order valence-electron chi connectivity index (χ4n) is 12.2. The molecule has 3 heterocycles. The maximum Gasteiger partial charge on any atom is 0.264 e. The lowest BCUT2D eigenvalue weighted by Gasteiger charge is -2.45. The smallest absolute Gasteiger partial charge is 0.264 e. The molecule has 10 aromatic rings. The third-order valence-corrected chi connectivity index (χ3v) is 18.3. The summed E-state index contributed by atoms with van der Waals surface area (Å²) in [5, 5.41) is 1.28. The van der Waals surface area contributed by atoms with Crippen LogP contribution < -0.4 is 30.4 Å². The van der Waals surface area contributed by atoms with E-state index in [9.17, 15) is 0 Å². The SMILES string of the molecule is CC(C)(C)c1ccc(N(c2ccc(C(C)(C)C)cc2)c2ccc3c(c2)N(c2ccc(C(C)(C)C)cc2-c2ccccc2)c2cc(C(C)(C)C)cc4c2B3c2sc3ccc(-c5ccccc5)cc3c2N4c2ccc(C(C)(C)C)cc2)cc1. The van der Waals surface area contributed by atoms with E-state index in [0.717, 1.165) is 22.7 Å². The van der Waals surface area contributed by atoms with Crippen LogP contribution in [0.1, 0.15) is 132 Å². The normalized spacial score (nSPS) is 13.5. The van der Waals surface area contributed by atoms with E-state index < -0.39 is 0 Å². The molecule has 5 heteroatoms. The Bertz CT molecular complexity index is 3930. The number of rotatable bonds is 7. The number of hydrogen-bond acceptors (Lipinski definition) is 4. The molecule has 12 rings (SSSR count). The van der Waals surface area contributed by atoms with Crippen molar-refractivity contribution >= 4 is 95.0 Å². The van der Waals surface area contributed by atoms with Crippen LogP contribution in [0.15, 0.2) is 200 Å². The lowest BCUT2D eigenvalue weighted by atomic mass is 9.36. The summed E-state index contributed by atoms with van der Waals surface area (Å²) in [7, 11) is 0. The molecule has 0 atom stereocenters. The molecule has 9 aromatic carbocycles. The first-order valence-electron chi connectivity index (χ1n) is 29.2. The van der Waals surface area contributed by atoms with Gasteiger partial charge in [0.15, 0.2) is 0 Å². The van der Waals surface area contributed by atoms with Crippen LogP contribution in [0.5, 0.6) is 0 Å². The molecule has 3 nitrogen and oxygen atoms in total. The van der Waals surface area contributed by atoms with Crippen molar-refractivity contribution in [3.05, 3.63) is 228 Å². The van der Waals surface area contributed by atoms with Crippen molar-refractivity contribution < 1.29 is 0 Å². The van der Waals surface area contributed by atoms with Gasteiger partial charge in [-0.25, -0.2) is 0 Å². The molecule has 0 bridgehead atoms. The van der Waals surface area contributed by atoms with Crippen molar-refractivity contribution in [3.8, 4) is 22.3 Å². The van der Waals surface area contributed by atoms with E-state index in [2.05, 4.69) is 319 Å². The lowest BCUT2D eigenvalue weighted by Crippen LogP contribution is -2.60. The highest BCUT2D eigenvalue weighted by molar-refractivity contribution is 7.33. The Balaban J connectivity index is 1.20. The molecule has 81 heavy (non-hydrogen) atoms. The van der Waals surface area contributed by atoms with Gasteiger partial charge in [0.2, 0.25) is 0 Å². The number of anilines is 9. The van der Waals surface area contributed by atoms with E-state index in [1.807, 2.05) is 11.3 Å². The molecule has 2 aliphatic heterocycles. The van der Waals surface area contributed by atoms with Gasteiger partial charge in [-0.2, -0.15) is 0 Å². The zero-order chi connectivity index (χ0) is 57.1. The van der Waals surface area contributed by atoms with Crippen LogP contribution in [0.3, 0.4) is 0 Å². The molecule has 1 aromatic heterocycles. The van der Waals surface area contributed by atoms with Gasteiger partial charge in [0.25, 0.3) is 6.71 Å². The molecule has 406 valence electrons. The topological polar surface area (TPSA) is 9.72 Å². The fraction of sp³-hybridized carbons (Fsp3) is 0.263. The zero-order valence-electron chi connectivity index (χ0n) is 50.4. The molecule has 0 saturated heterocycles. The van der Waals surface area contributed by atoms with Gasteiger partial charge in [-0.15, -0.1) is 11.3 Å². The minimum absolute atomic E-state index is 0.00502. The van der Waals surface area contributed by atoms with Gasteiger partial charge in [-0.3, -0.25) is 0 Å². The van der Waals surface area contributed by atoms with Crippen molar-refractivity contribution in [2.45, 2.75) is 131 Å². The van der Waals surface area contributed by atoms with Crippen molar-refractivity contribution in [3.63, 3.8) is 0 Å². The van der Waals surface area contributed by atoms with E-state index in [1.54, 1.807) is 0 Å². The molecular weight excluding hydrogens is 998 g/mol. The molecular formula is C76H78BN3S. The van der Waals surface area contributed by atoms with Crippen LogP contribution in [-0.2, 0) is 27.1 Å². The number of fused-ring (bicyclic) bond motifs is 6. The molecule has 0 saturated carbocycles. The third-order valence-electron chi connectivity index (χ3n) is 17.0. The van der Waals surface area contributed by atoms with Crippen LogP contribution in [0.4, 0.5) is 51.2 Å². The van der Waals surface area contributed by atoms with E-state index in [-0.39, 0.29) is 33.8 Å². The molecule has 2 aliphatic rings. The number of nitrogens with zero attached hydrogens (tertiary/aromatic N) is 3. The van der Waals surface area contributed by atoms with Crippen LogP contribution in [0.2, 0.25) is 0 Å². The molecule has 0 N–H and O–H groups in total. The summed E-state index contributed by atoms with van der Waals surface area (Å²) in [6, 6.07) is 77.0. The van der Waals surface area contributed by atoms with E-state index in [0.29, 0.717) is 0 Å². The maximum atomic E-state index is 2.66. The second kappa shape index (κ2) is 19.6. The van der Waals surface area contributed by atoms with Gasteiger partial charge in [0.1, 0.15) is 0 Å². The Morgan fingerprint density at radius 2 is 0.840 bits per heavy atom. The highest BCUT2D eigenvalue weighted by atomic mass is 32.1. The zero-order valence-corrected chi connectivity index (χ0v) is 51.2. The first-order valence-corrected chi connectivity index (χ1v) is 30.0. The summed E-state index contributed by atoms with van der Waals surface area (Å²) >= 11 is 1.96. The standard InChI is InChI=1S/C76H78BN3S/c1-72(2,3)52-27-34-57(35-28-52)78(58-36-29-53(30-37-58)73(4,5)6)60-40-41-63-65(48-60)80(64-42-33-55(75(10,11)12)45-61(64)50-24-20-17-21-25-50)67-47-56(76(13,14)15)46-66-69(67)77(63)71-70(79(66)59-38-31-54(32-39-59)74(7,8)9)62-44-51(26-43-68(62)81-71)49-22-18-16-19-23-49/h16-48H,1-15H3. The minimum Gasteiger partial charge on any atom is -0.311 e. The van der Waals surface area contributed by atoms with E-state index >= 15 is 0 Å². The van der Waals surface area contributed by atoms with Crippen LogP contribution in [-0.4, -0.2) is 6.71 Å². The van der Waals surface area contributed by atoms with Crippen LogP contribution in [0.25, 0.3) is 32.3 Å². The van der Waals surface area contributed by atoms with Gasteiger partial charge >= 0.3 is 0 Å². The first-order chi connectivity index (χ1) is 38.3. The lowest BCUT2D eigenvalue weighted by molar-refractivity contribution is 0.590. The van der Waals surface area contributed by atoms with Gasteiger partial charge in [0, 0.05) is 60.2 Å². The number of benzene rings is 9. The average Bonchev–Trinajstić information content (AvgIpc) is 2.82. The quantitative estimate of drug-likeness (QED) is 0.147. The molecule has 0 radical (unpaired) electrons. The monoisotopic (exact) mass is 1080 g/mol. The first kappa shape index (κ1) is 54.0. The Labute approximate surface area is 488 Å². The largest absolute Gasteiger partial charge is 0.311 e. The van der Waals surface area contributed by atoms with Gasteiger partial charge in [-0.05, 0) is 167 Å². The van der Waals surface area contributed by atoms with Crippen molar-refractivity contribution in [1.82, 2.24) is 0 Å². The summed E-state index contributed by atoms with van der Waals surface area (Å²) in [5.74, 6) is 0. The predicted molar refractivity (Wildman–Crippen MR) is 355 cm³/mol. The van der Waals surface area contributed by atoms with E-state index in [1.165, 1.54) is 104 Å². The van der Waals surface area contributed by atoms with Crippen LogP contribution >= 0.6 is 11.3 Å². The highest BCUT2D eigenvalue weighted by Gasteiger charge is 2.47. The van der Waals surface area contributed by atoms with E-state index in [4.69, 9.17) is 0 Å². The predicted octanol–water partition coefficient (Wildman–Crippen LogP) is 20.3. The summed E-state index contributed by atoms with van der Waals surface area (Å²) < 4.78 is 2.65. The summed E-state index contributed by atoms with van der Waals surface area (Å²) in [4.78, 5) is 7.78. The van der Waals surface area contributed by atoms with Crippen molar-refractivity contribution in [2.24, 2.45) is 0 Å². The minimum atomic E-state index is -0.193. The average molecular weight is 1080 g/mol. The summed E-state index contributed by atoms with van der Waals surface area (Å²) in [5.41, 5.74) is 24.4. The van der Waals surface area contributed by atoms with Crippen molar-refractivity contribution in [2.75, 3.05) is 14.7 Å². The second-order valence-corrected chi connectivity index (χ2v) is 29.1. The maximum absolute atomic E-state index is 2.66. The summed E-state index contributed by atoms with van der Waals surface area (Å²) in [6.07, 6.45) is 0.